The van der Waals surface area contributed by atoms with Crippen LogP contribution >= 0.6 is 11.3 Å². The molecule has 0 spiro atoms. The summed E-state index contributed by atoms with van der Waals surface area (Å²) in [6.07, 6.45) is 1.62. The predicted molar refractivity (Wildman–Crippen MR) is 67.1 cm³/mol. The van der Waals surface area contributed by atoms with E-state index >= 15 is 0 Å². The molecule has 17 heavy (non-hydrogen) atoms. The number of ether oxygens (including phenoxy) is 1. The Balaban J connectivity index is 1.81. The Morgan fingerprint density at radius 1 is 1.35 bits per heavy atom. The Hall–Kier alpha value is -2.01. The summed E-state index contributed by atoms with van der Waals surface area (Å²) in [4.78, 5) is 4.35. The van der Waals surface area contributed by atoms with Gasteiger partial charge in [-0.25, -0.2) is 4.98 Å². The van der Waals surface area contributed by atoms with Crippen LogP contribution in [-0.4, -0.2) is 4.98 Å². The maximum atomic E-state index is 5.71. The number of benzene rings is 1. The van der Waals surface area contributed by atoms with E-state index in [1.807, 2.05) is 30.3 Å². The van der Waals surface area contributed by atoms with Gasteiger partial charge >= 0.3 is 0 Å². The average Bonchev–Trinajstić information content (AvgIpc) is 2.94. The number of rotatable bonds is 3. The second-order valence-electron chi connectivity index (χ2n) is 3.57. The van der Waals surface area contributed by atoms with Gasteiger partial charge in [-0.15, -0.1) is 0 Å². The molecule has 0 atom stereocenters. The Labute approximate surface area is 102 Å². The van der Waals surface area contributed by atoms with Gasteiger partial charge in [0.15, 0.2) is 0 Å². The Morgan fingerprint density at radius 2 is 2.29 bits per heavy atom. The molecule has 0 bridgehead atoms. The molecular weight excluding hydrogens is 236 g/mol. The number of hydrogen-bond acceptors (Lipinski definition) is 5. The van der Waals surface area contributed by atoms with Gasteiger partial charge in [-0.05, 0) is 30.3 Å². The number of thiazole rings is 1. The van der Waals surface area contributed by atoms with Gasteiger partial charge in [-0.1, -0.05) is 11.3 Å². The number of nitrogens with two attached hydrogens (primary N) is 1. The number of hydrogen-bond donors (Lipinski definition) is 1. The third kappa shape index (κ3) is 2.09. The van der Waals surface area contributed by atoms with Crippen LogP contribution in [0.2, 0.25) is 0 Å². The van der Waals surface area contributed by atoms with Crippen LogP contribution in [0.25, 0.3) is 10.2 Å². The fraction of sp³-hybridized carbons (Fsp3) is 0.0833. The summed E-state index contributed by atoms with van der Waals surface area (Å²) in [5, 5.41) is 0.627. The number of furan rings is 1. The lowest BCUT2D eigenvalue weighted by molar-refractivity contribution is 0.269. The summed E-state index contributed by atoms with van der Waals surface area (Å²) in [5.41, 5.74) is 7.34. The molecule has 0 saturated heterocycles. The molecule has 0 aliphatic heterocycles. The Morgan fingerprint density at radius 3 is 3.12 bits per heavy atom. The van der Waals surface area contributed by atoms with Crippen molar-refractivity contribution < 1.29 is 9.15 Å². The van der Waals surface area contributed by atoms with Crippen molar-refractivity contribution in [1.29, 1.82) is 0 Å². The van der Waals surface area contributed by atoms with Gasteiger partial charge in [0.05, 0.1) is 16.5 Å². The van der Waals surface area contributed by atoms with Crippen LogP contribution in [0.1, 0.15) is 5.76 Å². The van der Waals surface area contributed by atoms with Crippen LogP contribution in [0.5, 0.6) is 5.19 Å². The fourth-order valence-electron chi connectivity index (χ4n) is 1.51. The molecule has 0 saturated carbocycles. The third-order valence-electron chi connectivity index (χ3n) is 2.31. The molecule has 0 aliphatic carbocycles. The van der Waals surface area contributed by atoms with E-state index < -0.39 is 0 Å². The van der Waals surface area contributed by atoms with Crippen molar-refractivity contribution in [3.8, 4) is 5.19 Å². The van der Waals surface area contributed by atoms with Gasteiger partial charge in [-0.3, -0.25) is 0 Å². The van der Waals surface area contributed by atoms with Gasteiger partial charge in [-0.2, -0.15) is 0 Å². The largest absolute Gasteiger partial charge is 0.466 e. The Kier molecular flexibility index (Phi) is 2.45. The number of nitrogens with zero attached hydrogens (tertiary/aromatic N) is 1. The van der Waals surface area contributed by atoms with Crippen molar-refractivity contribution in [2.75, 3.05) is 5.73 Å². The highest BCUT2D eigenvalue weighted by molar-refractivity contribution is 7.20. The van der Waals surface area contributed by atoms with Gasteiger partial charge in [0.2, 0.25) is 0 Å². The second kappa shape index (κ2) is 4.10. The smallest absolute Gasteiger partial charge is 0.274 e. The highest BCUT2D eigenvalue weighted by Crippen LogP contribution is 2.29. The zero-order valence-corrected chi connectivity index (χ0v) is 9.74. The predicted octanol–water partition coefficient (Wildman–Crippen LogP) is 3.05. The summed E-state index contributed by atoms with van der Waals surface area (Å²) in [5.74, 6) is 0.781. The van der Waals surface area contributed by atoms with Crippen LogP contribution < -0.4 is 10.5 Å². The summed E-state index contributed by atoms with van der Waals surface area (Å²) in [6.45, 7) is 0.391. The van der Waals surface area contributed by atoms with E-state index in [1.54, 1.807) is 6.26 Å². The maximum absolute atomic E-state index is 5.71. The maximum Gasteiger partial charge on any atom is 0.274 e. The van der Waals surface area contributed by atoms with E-state index in [0.29, 0.717) is 11.8 Å². The van der Waals surface area contributed by atoms with E-state index in [9.17, 15) is 0 Å². The first-order chi connectivity index (χ1) is 8.31. The lowest BCUT2D eigenvalue weighted by atomic mass is 10.3. The van der Waals surface area contributed by atoms with Crippen LogP contribution in [0, 0.1) is 0 Å². The fourth-order valence-corrected chi connectivity index (χ4v) is 2.37. The molecule has 4 nitrogen and oxygen atoms in total. The number of nitrogen functional groups attached to an aromatic ring is 1. The monoisotopic (exact) mass is 246 g/mol. The molecular formula is C12H10N2O2S. The minimum Gasteiger partial charge on any atom is -0.466 e. The summed E-state index contributed by atoms with van der Waals surface area (Å²) < 4.78 is 11.8. The van der Waals surface area contributed by atoms with Crippen LogP contribution in [-0.2, 0) is 6.61 Å². The number of fused-ring (bicyclic) bond motifs is 1. The number of aromatic nitrogens is 1. The molecule has 1 aromatic carbocycles. The average molecular weight is 246 g/mol. The molecule has 2 aromatic heterocycles. The lowest BCUT2D eigenvalue weighted by Gasteiger charge is -1.97. The molecule has 5 heteroatoms. The Bertz CT molecular complexity index is 631. The van der Waals surface area contributed by atoms with Gasteiger partial charge in [0.1, 0.15) is 12.4 Å². The number of anilines is 1. The minimum atomic E-state index is 0.391. The molecule has 0 aliphatic rings. The zero-order chi connectivity index (χ0) is 11.7. The molecule has 3 rings (SSSR count). The van der Waals surface area contributed by atoms with Crippen molar-refractivity contribution in [2.24, 2.45) is 0 Å². The van der Waals surface area contributed by atoms with E-state index in [0.717, 1.165) is 21.7 Å². The zero-order valence-electron chi connectivity index (χ0n) is 8.92. The van der Waals surface area contributed by atoms with Crippen molar-refractivity contribution in [1.82, 2.24) is 4.98 Å². The first-order valence-electron chi connectivity index (χ1n) is 5.12. The normalized spacial score (nSPS) is 10.8. The van der Waals surface area contributed by atoms with Gasteiger partial charge in [0, 0.05) is 5.69 Å². The van der Waals surface area contributed by atoms with Crippen LogP contribution in [0.3, 0.4) is 0 Å². The summed E-state index contributed by atoms with van der Waals surface area (Å²) in [7, 11) is 0. The van der Waals surface area contributed by atoms with Crippen molar-refractivity contribution in [3.05, 3.63) is 42.4 Å². The van der Waals surface area contributed by atoms with Gasteiger partial charge in [0.25, 0.3) is 5.19 Å². The molecule has 2 N–H and O–H groups in total. The van der Waals surface area contributed by atoms with E-state index in [1.165, 1.54) is 11.3 Å². The SMILES string of the molecule is Nc1ccc2nc(OCc3ccco3)sc2c1. The quantitative estimate of drug-likeness (QED) is 0.721. The van der Waals surface area contributed by atoms with E-state index in [2.05, 4.69) is 4.98 Å². The van der Waals surface area contributed by atoms with Crippen LogP contribution in [0.15, 0.2) is 41.0 Å². The molecule has 3 aromatic rings. The van der Waals surface area contributed by atoms with Crippen molar-refractivity contribution in [3.63, 3.8) is 0 Å². The summed E-state index contributed by atoms with van der Waals surface area (Å²) >= 11 is 1.48. The first-order valence-corrected chi connectivity index (χ1v) is 5.94. The first kappa shape index (κ1) is 10.2. The summed E-state index contributed by atoms with van der Waals surface area (Å²) in [6, 6.07) is 9.31. The molecule has 0 radical (unpaired) electrons. The topological polar surface area (TPSA) is 61.3 Å². The van der Waals surface area contributed by atoms with E-state index in [-0.39, 0.29) is 0 Å². The molecule has 2 heterocycles. The van der Waals surface area contributed by atoms with Crippen molar-refractivity contribution in [2.45, 2.75) is 6.61 Å². The third-order valence-corrected chi connectivity index (χ3v) is 3.24. The van der Waals surface area contributed by atoms with Crippen LogP contribution in [0.4, 0.5) is 5.69 Å². The molecule has 0 unspecified atom stereocenters. The second-order valence-corrected chi connectivity index (χ2v) is 4.57. The highest BCUT2D eigenvalue weighted by atomic mass is 32.1. The lowest BCUT2D eigenvalue weighted by Crippen LogP contribution is -1.92. The standard InChI is InChI=1S/C12H10N2O2S/c13-8-3-4-10-11(6-8)17-12(14-10)16-7-9-2-1-5-15-9/h1-6H,7,13H2. The van der Waals surface area contributed by atoms with Gasteiger partial charge < -0.3 is 14.9 Å². The highest BCUT2D eigenvalue weighted by Gasteiger charge is 2.06. The van der Waals surface area contributed by atoms with Crippen molar-refractivity contribution >= 4 is 27.2 Å². The molecule has 86 valence electrons. The van der Waals surface area contributed by atoms with E-state index in [4.69, 9.17) is 14.9 Å². The molecule has 0 fully saturated rings. The molecule has 0 amide bonds. The minimum absolute atomic E-state index is 0.391.